The maximum absolute atomic E-state index is 6.04. The Morgan fingerprint density at radius 1 is 1.38 bits per heavy atom. The van der Waals surface area contributed by atoms with Gasteiger partial charge in [-0.2, -0.15) is 0 Å². The molecule has 2 aromatic rings. The van der Waals surface area contributed by atoms with Crippen LogP contribution in [0, 0.1) is 6.92 Å². The molecule has 1 aromatic heterocycles. The fourth-order valence-electron chi connectivity index (χ4n) is 2.37. The summed E-state index contributed by atoms with van der Waals surface area (Å²) in [7, 11) is 4.07. The monoisotopic (exact) mass is 236 g/mol. The molecule has 0 amide bonds. The summed E-state index contributed by atoms with van der Waals surface area (Å²) < 4.78 is 2.22. The third-order valence-corrected chi connectivity index (χ3v) is 3.55. The Kier molecular flexibility index (Phi) is 2.96. The van der Waals surface area contributed by atoms with E-state index in [9.17, 15) is 0 Å². The molecule has 0 saturated carbocycles. The SMILES string of the molecule is CNC(C)c1c(C)c2ccc(Cl)cc2n1C. The van der Waals surface area contributed by atoms with E-state index in [4.69, 9.17) is 11.6 Å². The molecule has 0 fully saturated rings. The van der Waals surface area contributed by atoms with Crippen LogP contribution in [0.2, 0.25) is 5.02 Å². The zero-order valence-electron chi connectivity index (χ0n) is 10.1. The first-order chi connectivity index (χ1) is 7.56. The smallest absolute Gasteiger partial charge is 0.0498 e. The van der Waals surface area contributed by atoms with Gasteiger partial charge in [0, 0.05) is 34.7 Å². The van der Waals surface area contributed by atoms with Crippen molar-refractivity contribution < 1.29 is 0 Å². The van der Waals surface area contributed by atoms with Crippen LogP contribution in [0.3, 0.4) is 0 Å². The van der Waals surface area contributed by atoms with E-state index in [2.05, 4.69) is 36.8 Å². The largest absolute Gasteiger partial charge is 0.346 e. The van der Waals surface area contributed by atoms with E-state index in [1.54, 1.807) is 0 Å². The second-order valence-corrected chi connectivity index (χ2v) is 4.68. The average molecular weight is 237 g/mol. The van der Waals surface area contributed by atoms with Crippen LogP contribution >= 0.6 is 11.6 Å². The van der Waals surface area contributed by atoms with Crippen LogP contribution in [0.15, 0.2) is 18.2 Å². The number of halogens is 1. The molecule has 0 saturated heterocycles. The van der Waals surface area contributed by atoms with Crippen molar-refractivity contribution in [3.05, 3.63) is 34.5 Å². The molecule has 1 atom stereocenters. The predicted octanol–water partition coefficient (Wildman–Crippen LogP) is 3.42. The van der Waals surface area contributed by atoms with Gasteiger partial charge in [-0.1, -0.05) is 17.7 Å². The number of aryl methyl sites for hydroxylation is 2. The minimum absolute atomic E-state index is 0.344. The van der Waals surface area contributed by atoms with Gasteiger partial charge in [-0.25, -0.2) is 0 Å². The summed E-state index contributed by atoms with van der Waals surface area (Å²) in [5, 5.41) is 5.35. The Morgan fingerprint density at radius 2 is 2.06 bits per heavy atom. The van der Waals surface area contributed by atoms with Crippen molar-refractivity contribution in [1.82, 2.24) is 9.88 Å². The van der Waals surface area contributed by atoms with Gasteiger partial charge in [-0.05, 0) is 38.6 Å². The molecule has 1 aromatic carbocycles. The van der Waals surface area contributed by atoms with E-state index in [0.29, 0.717) is 6.04 Å². The topological polar surface area (TPSA) is 17.0 Å². The van der Waals surface area contributed by atoms with E-state index in [1.165, 1.54) is 22.2 Å². The molecular weight excluding hydrogens is 220 g/mol. The quantitative estimate of drug-likeness (QED) is 0.846. The minimum Gasteiger partial charge on any atom is -0.346 e. The Balaban J connectivity index is 2.76. The molecular formula is C13H17ClN2. The maximum Gasteiger partial charge on any atom is 0.0498 e. The van der Waals surface area contributed by atoms with Crippen LogP contribution in [0.5, 0.6) is 0 Å². The molecule has 0 aliphatic rings. The second-order valence-electron chi connectivity index (χ2n) is 4.24. The van der Waals surface area contributed by atoms with Gasteiger partial charge < -0.3 is 9.88 Å². The van der Waals surface area contributed by atoms with Crippen molar-refractivity contribution in [1.29, 1.82) is 0 Å². The normalized spacial score (nSPS) is 13.3. The third kappa shape index (κ3) is 1.62. The summed E-state index contributed by atoms with van der Waals surface area (Å²) in [5.41, 5.74) is 3.85. The molecule has 0 radical (unpaired) electrons. The number of hydrogen-bond donors (Lipinski definition) is 1. The molecule has 2 nitrogen and oxygen atoms in total. The Bertz CT molecular complexity index is 528. The molecule has 0 aliphatic carbocycles. The molecule has 1 N–H and O–H groups in total. The van der Waals surface area contributed by atoms with Crippen molar-refractivity contribution in [3.8, 4) is 0 Å². The standard InChI is InChI=1S/C13H17ClN2/c1-8-11-6-5-10(14)7-12(11)16(4)13(8)9(2)15-3/h5-7,9,15H,1-4H3. The first-order valence-electron chi connectivity index (χ1n) is 5.48. The molecule has 3 heteroatoms. The number of nitrogens with one attached hydrogen (secondary N) is 1. The summed E-state index contributed by atoms with van der Waals surface area (Å²) in [4.78, 5) is 0. The van der Waals surface area contributed by atoms with Crippen molar-refractivity contribution in [2.24, 2.45) is 7.05 Å². The average Bonchev–Trinajstić information content (AvgIpc) is 2.51. The van der Waals surface area contributed by atoms with E-state index in [1.807, 2.05) is 19.2 Å². The van der Waals surface area contributed by atoms with Crippen molar-refractivity contribution in [2.75, 3.05) is 7.05 Å². The molecule has 2 rings (SSSR count). The maximum atomic E-state index is 6.04. The highest BCUT2D eigenvalue weighted by atomic mass is 35.5. The highest BCUT2D eigenvalue weighted by molar-refractivity contribution is 6.31. The number of benzene rings is 1. The first-order valence-corrected chi connectivity index (χ1v) is 5.85. The summed E-state index contributed by atoms with van der Waals surface area (Å²) in [6.45, 7) is 4.34. The summed E-state index contributed by atoms with van der Waals surface area (Å²) >= 11 is 6.04. The van der Waals surface area contributed by atoms with Crippen molar-refractivity contribution >= 4 is 22.5 Å². The number of hydrogen-bond acceptors (Lipinski definition) is 1. The highest BCUT2D eigenvalue weighted by Crippen LogP contribution is 2.30. The lowest BCUT2D eigenvalue weighted by molar-refractivity contribution is 0.606. The van der Waals surface area contributed by atoms with E-state index < -0.39 is 0 Å². The molecule has 0 spiro atoms. The van der Waals surface area contributed by atoms with Gasteiger partial charge in [-0.3, -0.25) is 0 Å². The third-order valence-electron chi connectivity index (χ3n) is 3.31. The fraction of sp³-hybridized carbons (Fsp3) is 0.385. The first kappa shape index (κ1) is 11.5. The lowest BCUT2D eigenvalue weighted by atomic mass is 10.1. The predicted molar refractivity (Wildman–Crippen MR) is 70.1 cm³/mol. The van der Waals surface area contributed by atoms with Gasteiger partial charge in [0.05, 0.1) is 0 Å². The van der Waals surface area contributed by atoms with Crippen molar-refractivity contribution in [3.63, 3.8) is 0 Å². The van der Waals surface area contributed by atoms with Gasteiger partial charge in [0.2, 0.25) is 0 Å². The summed E-state index contributed by atoms with van der Waals surface area (Å²) in [6.07, 6.45) is 0. The van der Waals surface area contributed by atoms with Crippen molar-refractivity contribution in [2.45, 2.75) is 19.9 Å². The van der Waals surface area contributed by atoms with Gasteiger partial charge in [0.25, 0.3) is 0 Å². The molecule has 1 heterocycles. The second kappa shape index (κ2) is 4.11. The highest BCUT2D eigenvalue weighted by Gasteiger charge is 2.15. The zero-order chi connectivity index (χ0) is 11.9. The minimum atomic E-state index is 0.344. The van der Waals surface area contributed by atoms with Gasteiger partial charge in [0.15, 0.2) is 0 Å². The molecule has 0 bridgehead atoms. The summed E-state index contributed by atoms with van der Waals surface area (Å²) in [6, 6.07) is 6.41. The lowest BCUT2D eigenvalue weighted by Gasteiger charge is -2.13. The summed E-state index contributed by atoms with van der Waals surface area (Å²) in [5.74, 6) is 0. The number of aromatic nitrogens is 1. The lowest BCUT2D eigenvalue weighted by Crippen LogP contribution is -2.16. The number of rotatable bonds is 2. The van der Waals surface area contributed by atoms with Crippen LogP contribution < -0.4 is 5.32 Å². The van der Waals surface area contributed by atoms with E-state index >= 15 is 0 Å². The Morgan fingerprint density at radius 3 is 2.69 bits per heavy atom. The Labute approximate surface area is 101 Å². The molecule has 86 valence electrons. The van der Waals surface area contributed by atoms with Gasteiger partial charge in [-0.15, -0.1) is 0 Å². The van der Waals surface area contributed by atoms with Gasteiger partial charge >= 0.3 is 0 Å². The van der Waals surface area contributed by atoms with Crippen LogP contribution in [0.4, 0.5) is 0 Å². The molecule has 1 unspecified atom stereocenters. The van der Waals surface area contributed by atoms with E-state index in [0.717, 1.165) is 5.02 Å². The van der Waals surface area contributed by atoms with Crippen LogP contribution in [0.25, 0.3) is 10.9 Å². The fourth-order valence-corrected chi connectivity index (χ4v) is 2.54. The zero-order valence-corrected chi connectivity index (χ0v) is 10.9. The van der Waals surface area contributed by atoms with Crippen LogP contribution in [-0.4, -0.2) is 11.6 Å². The molecule has 0 aliphatic heterocycles. The Hall–Kier alpha value is -0.990. The number of nitrogens with zero attached hydrogens (tertiary/aromatic N) is 1. The van der Waals surface area contributed by atoms with E-state index in [-0.39, 0.29) is 0 Å². The van der Waals surface area contributed by atoms with Crippen LogP contribution in [0.1, 0.15) is 24.2 Å². The molecule has 16 heavy (non-hydrogen) atoms. The number of fused-ring (bicyclic) bond motifs is 1. The van der Waals surface area contributed by atoms with Crippen LogP contribution in [-0.2, 0) is 7.05 Å². The van der Waals surface area contributed by atoms with Gasteiger partial charge in [0.1, 0.15) is 0 Å².